The fourth-order valence-corrected chi connectivity index (χ4v) is 5.52. The maximum atomic E-state index is 14.2. The van der Waals surface area contributed by atoms with Crippen LogP contribution in [0.15, 0.2) is 88.5 Å². The molecular formula is C27H17N7O5. The zero-order valence-electron chi connectivity index (χ0n) is 19.9. The van der Waals surface area contributed by atoms with Crippen LogP contribution >= 0.6 is 0 Å². The summed E-state index contributed by atoms with van der Waals surface area (Å²) in [7, 11) is 0. The van der Waals surface area contributed by atoms with Gasteiger partial charge in [-0.2, -0.15) is 5.10 Å². The number of aromatic nitrogens is 4. The number of carbonyl (C=O) groups excluding carboxylic acids is 1. The summed E-state index contributed by atoms with van der Waals surface area (Å²) >= 11 is 0. The van der Waals surface area contributed by atoms with Crippen LogP contribution in [0, 0.1) is 10.1 Å². The maximum Gasteiger partial charge on any atom is 0.327 e. The number of nitro benzene ring substituents is 1. The predicted molar refractivity (Wildman–Crippen MR) is 142 cm³/mol. The number of carbonyl (C=O) groups is 1. The minimum atomic E-state index is -1.88. The minimum Gasteiger partial charge on any atom is -0.326 e. The number of para-hydroxylation sites is 1. The number of hydrogen-bond donors (Lipinski definition) is 4. The first-order valence-corrected chi connectivity index (χ1v) is 11.9. The molecule has 1 atom stereocenters. The van der Waals surface area contributed by atoms with Crippen molar-refractivity contribution in [1.29, 1.82) is 0 Å². The zero-order valence-corrected chi connectivity index (χ0v) is 19.9. The number of nitro groups is 1. The standard InChI is InChI=1S/C27H17N7O5/c35-24-20-22(30-26(37)31-24)29-23-19(27(20)17-13-16(34(38)39)11-12-18(17)28-25(27)36)21(14-7-3-1-4-8-14)32-33(23)15-9-5-2-6-10-15/h1-13H,(H,28,36)(H3,29,30,31,35,37). The van der Waals surface area contributed by atoms with Gasteiger partial charge in [0.2, 0.25) is 5.91 Å². The molecule has 1 amide bonds. The van der Waals surface area contributed by atoms with Crippen LogP contribution in [0.3, 0.4) is 0 Å². The van der Waals surface area contributed by atoms with E-state index in [9.17, 15) is 24.5 Å². The van der Waals surface area contributed by atoms with Gasteiger partial charge in [0, 0.05) is 34.5 Å². The number of nitrogens with zero attached hydrogens (tertiary/aromatic N) is 3. The van der Waals surface area contributed by atoms with E-state index in [2.05, 4.69) is 20.6 Å². The Balaban J connectivity index is 1.69. The first kappa shape index (κ1) is 22.4. The average Bonchev–Trinajstić information content (AvgIpc) is 3.45. The van der Waals surface area contributed by atoms with Gasteiger partial charge in [-0.1, -0.05) is 48.5 Å². The molecule has 12 nitrogen and oxygen atoms in total. The van der Waals surface area contributed by atoms with Crippen LogP contribution in [-0.2, 0) is 10.2 Å². The van der Waals surface area contributed by atoms with E-state index in [1.165, 1.54) is 18.2 Å². The lowest BCUT2D eigenvalue weighted by Gasteiger charge is -2.34. The van der Waals surface area contributed by atoms with Crippen molar-refractivity contribution in [3.63, 3.8) is 0 Å². The number of nitrogens with one attached hydrogen (secondary N) is 4. The number of anilines is 3. The molecule has 0 radical (unpaired) electrons. The van der Waals surface area contributed by atoms with E-state index in [1.54, 1.807) is 4.68 Å². The molecule has 4 heterocycles. The van der Waals surface area contributed by atoms with Crippen molar-refractivity contribution in [3.05, 3.63) is 127 Å². The number of aromatic amines is 2. The number of hydrogen-bond acceptors (Lipinski definition) is 7. The van der Waals surface area contributed by atoms with E-state index in [0.717, 1.165) is 0 Å². The highest BCUT2D eigenvalue weighted by Gasteiger charge is 2.59. The Morgan fingerprint density at radius 1 is 0.846 bits per heavy atom. The van der Waals surface area contributed by atoms with Gasteiger partial charge in [-0.05, 0) is 18.2 Å². The molecule has 0 fully saturated rings. The molecule has 1 spiro atoms. The fourth-order valence-electron chi connectivity index (χ4n) is 5.52. The fraction of sp³-hybridized carbons (Fsp3) is 0.0370. The molecular weight excluding hydrogens is 502 g/mol. The SMILES string of the molecule is O=C1Nc2ccc([N+](=O)[O-])cc2C12c1c(-c3ccccc3)nn(-c3ccccc3)c1Nc1[nH]c(=O)[nH]c(=O)c12. The van der Waals surface area contributed by atoms with E-state index in [-0.39, 0.29) is 22.6 Å². The van der Waals surface area contributed by atoms with Gasteiger partial charge in [0.1, 0.15) is 17.1 Å². The van der Waals surface area contributed by atoms with Crippen LogP contribution in [0.25, 0.3) is 16.9 Å². The second kappa shape index (κ2) is 7.86. The Morgan fingerprint density at radius 2 is 1.56 bits per heavy atom. The average molecular weight is 519 g/mol. The molecule has 1 unspecified atom stereocenters. The van der Waals surface area contributed by atoms with Crippen LogP contribution in [0.5, 0.6) is 0 Å². The summed E-state index contributed by atoms with van der Waals surface area (Å²) in [6.45, 7) is 0. The molecule has 39 heavy (non-hydrogen) atoms. The minimum absolute atomic E-state index is 0.0116. The molecule has 2 aromatic heterocycles. The van der Waals surface area contributed by atoms with Crippen LogP contribution < -0.4 is 21.9 Å². The summed E-state index contributed by atoms with van der Waals surface area (Å²) in [6, 6.07) is 22.2. The number of amides is 1. The quantitative estimate of drug-likeness (QED) is 0.210. The second-order valence-electron chi connectivity index (χ2n) is 9.16. The third-order valence-electron chi connectivity index (χ3n) is 7.08. The van der Waals surface area contributed by atoms with Gasteiger partial charge in [0.15, 0.2) is 0 Å². The van der Waals surface area contributed by atoms with Crippen molar-refractivity contribution >= 4 is 28.9 Å². The van der Waals surface area contributed by atoms with Crippen LogP contribution in [0.1, 0.15) is 16.7 Å². The molecule has 2 aliphatic heterocycles. The lowest BCUT2D eigenvalue weighted by molar-refractivity contribution is -0.384. The lowest BCUT2D eigenvalue weighted by Crippen LogP contribution is -2.46. The van der Waals surface area contributed by atoms with Crippen molar-refractivity contribution in [1.82, 2.24) is 19.7 Å². The molecule has 0 bridgehead atoms. The van der Waals surface area contributed by atoms with Crippen molar-refractivity contribution < 1.29 is 9.72 Å². The van der Waals surface area contributed by atoms with Gasteiger partial charge in [0.05, 0.1) is 21.9 Å². The first-order chi connectivity index (χ1) is 18.9. The number of rotatable bonds is 3. The molecule has 3 aromatic carbocycles. The van der Waals surface area contributed by atoms with Crippen molar-refractivity contribution in [2.45, 2.75) is 5.41 Å². The molecule has 2 aliphatic rings. The summed E-state index contributed by atoms with van der Waals surface area (Å²) < 4.78 is 1.59. The van der Waals surface area contributed by atoms with E-state index < -0.39 is 27.5 Å². The molecule has 5 aromatic rings. The summed E-state index contributed by atoms with van der Waals surface area (Å²) in [6.07, 6.45) is 0. The summed E-state index contributed by atoms with van der Waals surface area (Å²) in [5.41, 5.74) is -1.33. The Labute approximate surface area is 218 Å². The largest absolute Gasteiger partial charge is 0.327 e. The number of benzene rings is 3. The Hall–Kier alpha value is -5.78. The third-order valence-corrected chi connectivity index (χ3v) is 7.08. The Kier molecular flexibility index (Phi) is 4.52. The molecule has 0 saturated carbocycles. The Morgan fingerprint density at radius 3 is 2.28 bits per heavy atom. The monoisotopic (exact) mass is 519 g/mol. The molecule has 0 saturated heterocycles. The topological polar surface area (TPSA) is 168 Å². The van der Waals surface area contributed by atoms with Crippen LogP contribution in [0.4, 0.5) is 23.0 Å². The van der Waals surface area contributed by atoms with E-state index >= 15 is 0 Å². The molecule has 4 N–H and O–H groups in total. The van der Waals surface area contributed by atoms with Crippen LogP contribution in [0.2, 0.25) is 0 Å². The van der Waals surface area contributed by atoms with Gasteiger partial charge in [0.25, 0.3) is 11.2 Å². The van der Waals surface area contributed by atoms with Gasteiger partial charge in [-0.25, -0.2) is 9.48 Å². The summed E-state index contributed by atoms with van der Waals surface area (Å²) in [4.78, 5) is 56.1. The highest BCUT2D eigenvalue weighted by atomic mass is 16.6. The zero-order chi connectivity index (χ0) is 26.9. The number of non-ortho nitro benzene ring substituents is 1. The normalized spacial score (nSPS) is 16.7. The van der Waals surface area contributed by atoms with Gasteiger partial charge < -0.3 is 10.6 Å². The van der Waals surface area contributed by atoms with Crippen molar-refractivity contribution in [3.8, 4) is 16.9 Å². The van der Waals surface area contributed by atoms with Gasteiger partial charge >= 0.3 is 5.69 Å². The smallest absolute Gasteiger partial charge is 0.326 e. The Bertz CT molecular complexity index is 1960. The number of fused-ring (bicyclic) bond motifs is 6. The molecule has 7 rings (SSSR count). The van der Waals surface area contributed by atoms with Gasteiger partial charge in [-0.15, -0.1) is 0 Å². The third kappa shape index (κ3) is 2.99. The van der Waals surface area contributed by atoms with Crippen molar-refractivity contribution in [2.24, 2.45) is 0 Å². The van der Waals surface area contributed by atoms with E-state index in [1.807, 2.05) is 60.7 Å². The molecule has 12 heteroatoms. The van der Waals surface area contributed by atoms with E-state index in [0.29, 0.717) is 34.0 Å². The highest BCUT2D eigenvalue weighted by Crippen LogP contribution is 2.56. The predicted octanol–water partition coefficient (Wildman–Crippen LogP) is 3.17. The van der Waals surface area contributed by atoms with Crippen molar-refractivity contribution in [2.75, 3.05) is 10.6 Å². The second-order valence-corrected chi connectivity index (χ2v) is 9.16. The van der Waals surface area contributed by atoms with Crippen LogP contribution in [-0.4, -0.2) is 30.6 Å². The first-order valence-electron chi connectivity index (χ1n) is 11.9. The number of H-pyrrole nitrogens is 2. The van der Waals surface area contributed by atoms with Gasteiger partial charge in [-0.3, -0.25) is 29.7 Å². The lowest BCUT2D eigenvalue weighted by atomic mass is 9.68. The van der Waals surface area contributed by atoms with E-state index in [4.69, 9.17) is 5.10 Å². The highest BCUT2D eigenvalue weighted by molar-refractivity contribution is 6.15. The maximum absolute atomic E-state index is 14.2. The summed E-state index contributed by atoms with van der Waals surface area (Å²) in [5, 5.41) is 22.6. The molecule has 0 aliphatic carbocycles. The molecule has 190 valence electrons. The summed E-state index contributed by atoms with van der Waals surface area (Å²) in [5.74, 6) is -0.296.